The normalized spacial score (nSPS) is 15.7. The van der Waals surface area contributed by atoms with Gasteiger partial charge in [0.05, 0.1) is 33.7 Å². The van der Waals surface area contributed by atoms with Crippen LogP contribution in [-0.2, 0) is 4.74 Å². The maximum atomic E-state index is 13.6. The van der Waals surface area contributed by atoms with Crippen molar-refractivity contribution in [1.82, 2.24) is 19.9 Å². The van der Waals surface area contributed by atoms with E-state index >= 15 is 0 Å². The van der Waals surface area contributed by atoms with Gasteiger partial charge in [0.1, 0.15) is 11.4 Å². The molecule has 0 radical (unpaired) electrons. The van der Waals surface area contributed by atoms with Crippen molar-refractivity contribution in [2.75, 3.05) is 79.4 Å². The van der Waals surface area contributed by atoms with Gasteiger partial charge in [-0.15, -0.1) is 0 Å². The molecule has 0 atom stereocenters. The van der Waals surface area contributed by atoms with E-state index in [2.05, 4.69) is 31.1 Å². The van der Waals surface area contributed by atoms with Crippen molar-refractivity contribution < 1.29 is 9.53 Å². The van der Waals surface area contributed by atoms with Gasteiger partial charge in [-0.2, -0.15) is 0 Å². The van der Waals surface area contributed by atoms with Gasteiger partial charge in [0, 0.05) is 81.9 Å². The standard InChI is InChI=1S/C32H34N8O3S/c1-2-43-31(42)23-20-40(29-17-21(7-8-35-29)37-11-9-34-10-12-37)26-19-27(24(33)18-22(26)30(23)41)38-13-15-39(16-14-38)32-36-25-5-3-4-6-28(25)44-32/h3-8,17-20,34H,2,9-16,33H2,1H3. The summed E-state index contributed by atoms with van der Waals surface area (Å²) in [7, 11) is 0. The highest BCUT2D eigenvalue weighted by Crippen LogP contribution is 2.33. The number of pyridine rings is 2. The van der Waals surface area contributed by atoms with Crippen LogP contribution in [0.2, 0.25) is 0 Å². The molecule has 3 aromatic heterocycles. The van der Waals surface area contributed by atoms with E-state index in [4.69, 9.17) is 15.5 Å². The number of anilines is 4. The van der Waals surface area contributed by atoms with Crippen LogP contribution in [0.15, 0.2) is 65.7 Å². The SMILES string of the molecule is CCOC(=O)c1cn(-c2cc(N3CCNCC3)ccn2)c2cc(N3CCN(c4nc5ccccc5s4)CC3)c(N)cc2c1=O. The highest BCUT2D eigenvalue weighted by atomic mass is 32.1. The van der Waals surface area contributed by atoms with Crippen LogP contribution < -0.4 is 31.2 Å². The highest BCUT2D eigenvalue weighted by Gasteiger charge is 2.24. The molecule has 3 N–H and O–H groups in total. The summed E-state index contributed by atoms with van der Waals surface area (Å²) in [5.41, 5.74) is 10.2. The van der Waals surface area contributed by atoms with Crippen LogP contribution in [0.1, 0.15) is 17.3 Å². The number of hydrogen-bond acceptors (Lipinski definition) is 11. The molecule has 5 aromatic rings. The predicted octanol–water partition coefficient (Wildman–Crippen LogP) is 3.49. The monoisotopic (exact) mass is 610 g/mol. The number of nitrogen functional groups attached to an aromatic ring is 1. The smallest absolute Gasteiger partial charge is 0.343 e. The van der Waals surface area contributed by atoms with Gasteiger partial charge in [-0.25, -0.2) is 14.8 Å². The van der Waals surface area contributed by atoms with Crippen molar-refractivity contribution in [3.8, 4) is 5.82 Å². The lowest BCUT2D eigenvalue weighted by Gasteiger charge is -2.36. The summed E-state index contributed by atoms with van der Waals surface area (Å²) < 4.78 is 8.24. The molecule has 12 heteroatoms. The second-order valence-electron chi connectivity index (χ2n) is 10.9. The van der Waals surface area contributed by atoms with E-state index in [1.165, 1.54) is 4.70 Å². The zero-order chi connectivity index (χ0) is 30.2. The fourth-order valence-corrected chi connectivity index (χ4v) is 7.01. The number of benzene rings is 2. The molecule has 0 saturated carbocycles. The van der Waals surface area contributed by atoms with Crippen molar-refractivity contribution in [2.45, 2.75) is 6.92 Å². The van der Waals surface area contributed by atoms with Gasteiger partial charge in [-0.05, 0) is 37.3 Å². The number of rotatable bonds is 6. The summed E-state index contributed by atoms with van der Waals surface area (Å²) in [4.78, 5) is 42.9. The van der Waals surface area contributed by atoms with Crippen LogP contribution in [0.25, 0.3) is 26.9 Å². The van der Waals surface area contributed by atoms with E-state index < -0.39 is 11.4 Å². The van der Waals surface area contributed by atoms with Gasteiger partial charge in [-0.1, -0.05) is 23.5 Å². The van der Waals surface area contributed by atoms with Crippen molar-refractivity contribution in [3.63, 3.8) is 0 Å². The topological polar surface area (TPSA) is 122 Å². The second-order valence-corrected chi connectivity index (χ2v) is 11.9. The van der Waals surface area contributed by atoms with Crippen LogP contribution in [0.5, 0.6) is 0 Å². The molecular formula is C32H34N8O3S. The second kappa shape index (κ2) is 11.8. The largest absolute Gasteiger partial charge is 0.462 e. The molecular weight excluding hydrogens is 576 g/mol. The molecule has 0 spiro atoms. The number of thiazole rings is 1. The number of para-hydroxylation sites is 1. The summed E-state index contributed by atoms with van der Waals surface area (Å²) in [6, 6.07) is 15.8. The summed E-state index contributed by atoms with van der Waals surface area (Å²) in [6.45, 7) is 8.52. The van der Waals surface area contributed by atoms with Crippen molar-refractivity contribution >= 4 is 60.6 Å². The maximum absolute atomic E-state index is 13.6. The number of nitrogens with one attached hydrogen (secondary N) is 1. The molecule has 2 fully saturated rings. The molecule has 226 valence electrons. The molecule has 0 aliphatic carbocycles. The predicted molar refractivity (Wildman–Crippen MR) is 177 cm³/mol. The van der Waals surface area contributed by atoms with Gasteiger partial charge in [0.25, 0.3) is 0 Å². The fraction of sp³-hybridized carbons (Fsp3) is 0.312. The van der Waals surface area contributed by atoms with Crippen molar-refractivity contribution in [1.29, 1.82) is 0 Å². The third kappa shape index (κ3) is 5.20. The average molecular weight is 611 g/mol. The minimum atomic E-state index is -0.667. The third-order valence-corrected chi connectivity index (χ3v) is 9.38. The number of esters is 1. The van der Waals surface area contributed by atoms with Gasteiger partial charge in [-0.3, -0.25) is 9.36 Å². The van der Waals surface area contributed by atoms with E-state index in [0.717, 1.165) is 74.4 Å². The first-order valence-corrected chi connectivity index (χ1v) is 15.8. The van der Waals surface area contributed by atoms with Crippen LogP contribution in [0, 0.1) is 0 Å². The Bertz CT molecular complexity index is 1870. The summed E-state index contributed by atoms with van der Waals surface area (Å²) in [6.07, 6.45) is 3.32. The fourth-order valence-electron chi connectivity index (χ4n) is 5.99. The molecule has 0 bridgehead atoms. The van der Waals surface area contributed by atoms with E-state index in [0.29, 0.717) is 22.4 Å². The number of fused-ring (bicyclic) bond motifs is 2. The summed E-state index contributed by atoms with van der Waals surface area (Å²) >= 11 is 1.71. The van der Waals surface area contributed by atoms with Crippen molar-refractivity contribution in [2.24, 2.45) is 0 Å². The van der Waals surface area contributed by atoms with Crippen LogP contribution in [-0.4, -0.2) is 79.5 Å². The molecule has 5 heterocycles. The van der Waals surface area contributed by atoms with Gasteiger partial charge >= 0.3 is 5.97 Å². The highest BCUT2D eigenvalue weighted by molar-refractivity contribution is 7.22. The minimum Gasteiger partial charge on any atom is -0.462 e. The number of carbonyl (C=O) groups is 1. The van der Waals surface area contributed by atoms with E-state index in [1.807, 2.05) is 41.0 Å². The summed E-state index contributed by atoms with van der Waals surface area (Å²) in [5.74, 6) is -0.0621. The number of nitrogens with two attached hydrogens (primary N) is 1. The Morgan fingerprint density at radius 1 is 1.00 bits per heavy atom. The summed E-state index contributed by atoms with van der Waals surface area (Å²) in [5, 5.41) is 4.75. The quantitative estimate of drug-likeness (QED) is 0.218. The minimum absolute atomic E-state index is 0.0506. The lowest BCUT2D eigenvalue weighted by Crippen LogP contribution is -2.46. The lowest BCUT2D eigenvalue weighted by molar-refractivity contribution is 0.0524. The van der Waals surface area contributed by atoms with Gasteiger partial charge in [0.2, 0.25) is 5.43 Å². The Labute approximate surface area is 258 Å². The first-order chi connectivity index (χ1) is 21.5. The van der Waals surface area contributed by atoms with E-state index in [1.54, 1.807) is 36.7 Å². The Hall–Kier alpha value is -4.68. The Kier molecular flexibility index (Phi) is 7.52. The zero-order valence-corrected chi connectivity index (χ0v) is 25.3. The Morgan fingerprint density at radius 2 is 1.77 bits per heavy atom. The lowest BCUT2D eigenvalue weighted by atomic mass is 10.1. The molecule has 2 aromatic carbocycles. The van der Waals surface area contributed by atoms with Crippen LogP contribution in [0.4, 0.5) is 22.2 Å². The molecule has 7 rings (SSSR count). The first-order valence-electron chi connectivity index (χ1n) is 14.9. The molecule has 2 saturated heterocycles. The average Bonchev–Trinajstić information content (AvgIpc) is 3.50. The Balaban J connectivity index is 1.26. The number of piperazine rings is 2. The van der Waals surface area contributed by atoms with Crippen molar-refractivity contribution in [3.05, 3.63) is 76.7 Å². The molecule has 0 amide bonds. The Morgan fingerprint density at radius 3 is 2.55 bits per heavy atom. The number of hydrogen-bond donors (Lipinski definition) is 2. The third-order valence-electron chi connectivity index (χ3n) is 8.28. The molecule has 11 nitrogen and oxygen atoms in total. The van der Waals surface area contributed by atoms with Crippen LogP contribution in [0.3, 0.4) is 0 Å². The van der Waals surface area contributed by atoms with Gasteiger partial charge < -0.3 is 30.5 Å². The molecule has 2 aliphatic heterocycles. The van der Waals surface area contributed by atoms with E-state index in [-0.39, 0.29) is 12.2 Å². The number of aromatic nitrogens is 3. The first kappa shape index (κ1) is 28.1. The van der Waals surface area contributed by atoms with Gasteiger partial charge in [0.15, 0.2) is 5.13 Å². The number of nitrogens with zero attached hydrogens (tertiary/aromatic N) is 6. The van der Waals surface area contributed by atoms with Crippen LogP contribution >= 0.6 is 11.3 Å². The number of carbonyl (C=O) groups excluding carboxylic acids is 1. The number of ether oxygens (including phenoxy) is 1. The zero-order valence-electron chi connectivity index (χ0n) is 24.5. The maximum Gasteiger partial charge on any atom is 0.343 e. The molecule has 0 unspecified atom stereocenters. The molecule has 2 aliphatic rings. The van der Waals surface area contributed by atoms with E-state index in [9.17, 15) is 9.59 Å². The molecule has 44 heavy (non-hydrogen) atoms.